The van der Waals surface area contributed by atoms with Crippen molar-refractivity contribution in [2.45, 2.75) is 77.6 Å². The molecule has 8 N–H and O–H groups in total. The van der Waals surface area contributed by atoms with Gasteiger partial charge in [0, 0.05) is 18.5 Å². The van der Waals surface area contributed by atoms with Gasteiger partial charge in [-0.15, -0.1) is 0 Å². The number of ketones is 1. The van der Waals surface area contributed by atoms with Crippen LogP contribution in [0.15, 0.2) is 0 Å². The van der Waals surface area contributed by atoms with E-state index in [1.807, 2.05) is 27.7 Å². The Balaban J connectivity index is 4.99. The number of hydrogen-bond acceptors (Lipinski definition) is 7. The fourth-order valence-electron chi connectivity index (χ4n) is 3.10. The number of amides is 1. The van der Waals surface area contributed by atoms with Crippen molar-refractivity contribution in [3.63, 3.8) is 0 Å². The number of aliphatic carboxylic acids is 1. The largest absolute Gasteiger partial charge is 0.481 e. The lowest BCUT2D eigenvalue weighted by molar-refractivity contribution is -0.153. The minimum absolute atomic E-state index is 0.0465. The highest BCUT2D eigenvalue weighted by Gasteiger charge is 2.40. The first-order chi connectivity index (χ1) is 12.9. The van der Waals surface area contributed by atoms with Crippen molar-refractivity contribution in [1.29, 1.82) is 0 Å². The molecule has 9 heteroatoms. The van der Waals surface area contributed by atoms with Crippen molar-refractivity contribution >= 4 is 17.7 Å². The van der Waals surface area contributed by atoms with E-state index in [9.17, 15) is 29.7 Å². The van der Waals surface area contributed by atoms with Crippen molar-refractivity contribution in [2.75, 3.05) is 6.61 Å². The topological polar surface area (TPSA) is 176 Å². The lowest BCUT2D eigenvalue weighted by Crippen LogP contribution is -2.54. The summed E-state index contributed by atoms with van der Waals surface area (Å²) in [7, 11) is 0. The smallest absolute Gasteiger partial charge is 0.316 e. The zero-order chi connectivity index (χ0) is 22.0. The van der Waals surface area contributed by atoms with Crippen molar-refractivity contribution in [1.82, 2.24) is 5.32 Å². The van der Waals surface area contributed by atoms with Crippen molar-refractivity contribution in [3.8, 4) is 0 Å². The molecule has 0 fully saturated rings. The van der Waals surface area contributed by atoms with E-state index in [1.165, 1.54) is 0 Å². The van der Waals surface area contributed by atoms with Crippen molar-refractivity contribution in [2.24, 2.45) is 29.2 Å². The van der Waals surface area contributed by atoms with E-state index >= 15 is 0 Å². The monoisotopic (exact) mass is 403 g/mol. The number of carbonyl (C=O) groups excluding carboxylic acids is 2. The highest BCUT2D eigenvalue weighted by molar-refractivity contribution is 6.03. The van der Waals surface area contributed by atoms with Crippen LogP contribution in [0.1, 0.15) is 53.4 Å². The molecule has 0 saturated carbocycles. The average molecular weight is 404 g/mol. The Bertz CT molecular complexity index is 512. The third-order valence-electron chi connectivity index (χ3n) is 4.47. The summed E-state index contributed by atoms with van der Waals surface area (Å²) in [6.07, 6.45) is -0.109. The van der Waals surface area contributed by atoms with E-state index in [0.29, 0.717) is 18.8 Å². The molecule has 0 spiro atoms. The quantitative estimate of drug-likeness (QED) is 0.213. The molecule has 28 heavy (non-hydrogen) atoms. The average Bonchev–Trinajstić information content (AvgIpc) is 2.56. The molecule has 0 heterocycles. The van der Waals surface area contributed by atoms with Crippen LogP contribution in [-0.4, -0.2) is 63.8 Å². The van der Waals surface area contributed by atoms with Crippen LogP contribution < -0.4 is 16.8 Å². The van der Waals surface area contributed by atoms with E-state index in [2.05, 4.69) is 5.32 Å². The van der Waals surface area contributed by atoms with Gasteiger partial charge in [0.05, 0.1) is 12.7 Å². The number of carboxylic acid groups (broad SMARTS) is 1. The van der Waals surface area contributed by atoms with Gasteiger partial charge in [-0.3, -0.25) is 14.4 Å². The lowest BCUT2D eigenvalue weighted by Gasteiger charge is -2.27. The predicted octanol–water partition coefficient (Wildman–Crippen LogP) is -0.379. The van der Waals surface area contributed by atoms with Gasteiger partial charge in [-0.05, 0) is 31.1 Å². The maximum absolute atomic E-state index is 12.6. The first-order valence-corrected chi connectivity index (χ1v) is 9.76. The summed E-state index contributed by atoms with van der Waals surface area (Å²) < 4.78 is 0. The fraction of sp³-hybridized carbons (Fsp3) is 0.842. The molecule has 0 radical (unpaired) electrons. The van der Waals surface area contributed by atoms with Gasteiger partial charge < -0.3 is 32.1 Å². The van der Waals surface area contributed by atoms with Crippen molar-refractivity contribution < 1.29 is 29.7 Å². The molecule has 0 bridgehead atoms. The number of nitrogens with one attached hydrogen (secondary N) is 1. The Hall–Kier alpha value is -1.55. The molecular formula is C19H37N3O6. The molecule has 5 atom stereocenters. The normalized spacial score (nSPS) is 17.1. The summed E-state index contributed by atoms with van der Waals surface area (Å²) in [5, 5.41) is 31.5. The SMILES string of the molecule is CC(C)CC(N)CCC(=O)N[C@@H](CO)C(=O)C(C(=O)O)C(O)C(N)CC(C)C. The van der Waals surface area contributed by atoms with Gasteiger partial charge in [-0.2, -0.15) is 0 Å². The van der Waals surface area contributed by atoms with Gasteiger partial charge >= 0.3 is 5.97 Å². The van der Waals surface area contributed by atoms with Crippen LogP contribution in [0.3, 0.4) is 0 Å². The molecule has 0 aromatic heterocycles. The summed E-state index contributed by atoms with van der Waals surface area (Å²) in [5.74, 6) is -4.41. The molecule has 0 aromatic rings. The van der Waals surface area contributed by atoms with Gasteiger partial charge in [0.15, 0.2) is 5.78 Å². The third kappa shape index (κ3) is 9.59. The second kappa shape index (κ2) is 12.8. The molecule has 0 aromatic carbocycles. The number of rotatable bonds is 14. The van der Waals surface area contributed by atoms with Crippen LogP contribution in [0.25, 0.3) is 0 Å². The van der Waals surface area contributed by atoms with Gasteiger partial charge in [0.1, 0.15) is 12.0 Å². The van der Waals surface area contributed by atoms with Gasteiger partial charge in [-0.25, -0.2) is 0 Å². The molecule has 4 unspecified atom stereocenters. The van der Waals surface area contributed by atoms with E-state index in [-0.39, 0.29) is 18.4 Å². The maximum atomic E-state index is 12.6. The minimum Gasteiger partial charge on any atom is -0.481 e. The minimum atomic E-state index is -1.84. The number of carboxylic acids is 1. The molecule has 0 aliphatic carbocycles. The number of carbonyl (C=O) groups is 3. The van der Waals surface area contributed by atoms with Gasteiger partial charge in [0.25, 0.3) is 0 Å². The first-order valence-electron chi connectivity index (χ1n) is 9.76. The third-order valence-corrected chi connectivity index (χ3v) is 4.47. The Morgan fingerprint density at radius 2 is 1.54 bits per heavy atom. The van der Waals surface area contributed by atoms with E-state index in [1.54, 1.807) is 0 Å². The lowest BCUT2D eigenvalue weighted by atomic mass is 9.86. The molecular weight excluding hydrogens is 366 g/mol. The van der Waals surface area contributed by atoms with Crippen LogP contribution in [0.5, 0.6) is 0 Å². The number of nitrogens with two attached hydrogens (primary N) is 2. The standard InChI is InChI=1S/C19H37N3O6/c1-10(2)7-12(20)5-6-15(24)22-14(9-23)18(26)16(19(27)28)17(25)13(21)8-11(3)4/h10-14,16-17,23,25H,5-9,20-21H2,1-4H3,(H,22,24)(H,27,28)/t12?,13?,14-,16?,17?/m0/s1. The molecule has 0 rings (SSSR count). The van der Waals surface area contributed by atoms with Crippen LogP contribution in [-0.2, 0) is 14.4 Å². The van der Waals surface area contributed by atoms with Crippen LogP contribution >= 0.6 is 0 Å². The Morgan fingerprint density at radius 3 is 1.96 bits per heavy atom. The summed E-state index contributed by atoms with van der Waals surface area (Å²) in [6, 6.07) is -2.53. The number of aliphatic hydroxyl groups excluding tert-OH is 2. The van der Waals surface area contributed by atoms with E-state index < -0.39 is 48.4 Å². The number of aliphatic hydroxyl groups is 2. The van der Waals surface area contributed by atoms with Gasteiger partial charge in [-0.1, -0.05) is 27.7 Å². The molecule has 164 valence electrons. The predicted molar refractivity (Wildman–Crippen MR) is 105 cm³/mol. The molecule has 0 aliphatic rings. The summed E-state index contributed by atoms with van der Waals surface area (Å²) in [6.45, 7) is 6.96. The summed E-state index contributed by atoms with van der Waals surface area (Å²) in [5.41, 5.74) is 11.8. The van der Waals surface area contributed by atoms with Crippen molar-refractivity contribution in [3.05, 3.63) is 0 Å². The van der Waals surface area contributed by atoms with Crippen LogP contribution in [0.2, 0.25) is 0 Å². The zero-order valence-corrected chi connectivity index (χ0v) is 17.3. The Kier molecular flexibility index (Phi) is 12.1. The molecule has 0 aliphatic heterocycles. The van der Waals surface area contributed by atoms with Gasteiger partial charge in [0.2, 0.25) is 5.91 Å². The summed E-state index contributed by atoms with van der Waals surface area (Å²) >= 11 is 0. The molecule has 1 amide bonds. The second-order valence-corrected chi connectivity index (χ2v) is 8.23. The van der Waals surface area contributed by atoms with E-state index in [4.69, 9.17) is 11.5 Å². The molecule has 9 nitrogen and oxygen atoms in total. The highest BCUT2D eigenvalue weighted by atomic mass is 16.4. The zero-order valence-electron chi connectivity index (χ0n) is 17.3. The Morgan fingerprint density at radius 1 is 1.00 bits per heavy atom. The van der Waals surface area contributed by atoms with E-state index in [0.717, 1.165) is 6.42 Å². The molecule has 0 saturated heterocycles. The second-order valence-electron chi connectivity index (χ2n) is 8.23. The van der Waals surface area contributed by atoms with Crippen LogP contribution in [0.4, 0.5) is 0 Å². The number of Topliss-reactive ketones (excluding diaryl/α,β-unsaturated/α-hetero) is 1. The fourth-order valence-corrected chi connectivity index (χ4v) is 3.10. The number of hydrogen-bond donors (Lipinski definition) is 6. The maximum Gasteiger partial charge on any atom is 0.316 e. The Labute approximate surface area is 166 Å². The first kappa shape index (κ1) is 26.4. The van der Waals surface area contributed by atoms with Crippen LogP contribution in [0, 0.1) is 17.8 Å². The summed E-state index contributed by atoms with van der Waals surface area (Å²) in [4.78, 5) is 36.2. The highest BCUT2D eigenvalue weighted by Crippen LogP contribution is 2.16.